The number of allylic oxidation sites excluding steroid dienone is 4. The van der Waals surface area contributed by atoms with E-state index in [9.17, 15) is 4.79 Å². The number of nitrogens with zero attached hydrogens (tertiary/aromatic N) is 2. The van der Waals surface area contributed by atoms with Gasteiger partial charge in [-0.1, -0.05) is 24.3 Å². The van der Waals surface area contributed by atoms with Gasteiger partial charge in [0.1, 0.15) is 11.9 Å². The van der Waals surface area contributed by atoms with Crippen LogP contribution in [0.3, 0.4) is 0 Å². The summed E-state index contributed by atoms with van der Waals surface area (Å²) >= 11 is 0. The highest BCUT2D eigenvalue weighted by molar-refractivity contribution is 5.73. The number of carbonyl (C=O) groups excluding carboxylic acids is 1. The Kier molecular flexibility index (Phi) is 3.97. The van der Waals surface area contributed by atoms with E-state index in [4.69, 9.17) is 4.74 Å². The number of carbonyl (C=O) groups is 1. The number of hydrogen-bond donors (Lipinski definition) is 0. The molecular formula is C14H18N2O2. The van der Waals surface area contributed by atoms with Crippen LogP contribution in [0.15, 0.2) is 36.7 Å². The van der Waals surface area contributed by atoms with Crippen LogP contribution in [-0.2, 0) is 9.53 Å². The SMILES string of the molecule is CCOC(=O)C(C)n1ccnc1C1C=CC=CC1. The number of ether oxygens (including phenoxy) is 1. The third-order valence-electron chi connectivity index (χ3n) is 3.06. The molecule has 0 N–H and O–H groups in total. The van der Waals surface area contributed by atoms with Gasteiger partial charge in [-0.25, -0.2) is 9.78 Å². The molecule has 4 heteroatoms. The lowest BCUT2D eigenvalue weighted by molar-refractivity contribution is -0.146. The highest BCUT2D eigenvalue weighted by Crippen LogP contribution is 2.25. The topological polar surface area (TPSA) is 44.1 Å². The second kappa shape index (κ2) is 5.67. The summed E-state index contributed by atoms with van der Waals surface area (Å²) in [5.74, 6) is 0.935. The van der Waals surface area contributed by atoms with Crippen LogP contribution < -0.4 is 0 Å². The van der Waals surface area contributed by atoms with Gasteiger partial charge in [0.2, 0.25) is 0 Å². The molecule has 1 aromatic rings. The van der Waals surface area contributed by atoms with Gasteiger partial charge in [-0.15, -0.1) is 0 Å². The summed E-state index contributed by atoms with van der Waals surface area (Å²) in [5, 5.41) is 0. The molecule has 1 heterocycles. The zero-order valence-corrected chi connectivity index (χ0v) is 10.7. The van der Waals surface area contributed by atoms with Crippen LogP contribution >= 0.6 is 0 Å². The van der Waals surface area contributed by atoms with E-state index >= 15 is 0 Å². The fraction of sp³-hybridized carbons (Fsp3) is 0.429. The number of hydrogen-bond acceptors (Lipinski definition) is 3. The summed E-state index contributed by atoms with van der Waals surface area (Å²) in [4.78, 5) is 16.1. The van der Waals surface area contributed by atoms with Gasteiger partial charge in [0.15, 0.2) is 0 Å². The van der Waals surface area contributed by atoms with Crippen molar-refractivity contribution < 1.29 is 9.53 Å². The maximum absolute atomic E-state index is 11.8. The predicted octanol–water partition coefficient (Wildman–Crippen LogP) is 2.61. The van der Waals surface area contributed by atoms with Crippen molar-refractivity contribution in [1.82, 2.24) is 9.55 Å². The second-order valence-electron chi connectivity index (χ2n) is 4.28. The average molecular weight is 246 g/mol. The molecule has 2 atom stereocenters. The van der Waals surface area contributed by atoms with Crippen molar-refractivity contribution in [3.8, 4) is 0 Å². The Morgan fingerprint density at radius 3 is 3.11 bits per heavy atom. The molecule has 0 saturated carbocycles. The van der Waals surface area contributed by atoms with Crippen molar-refractivity contribution in [3.05, 3.63) is 42.5 Å². The molecule has 0 radical (unpaired) electrons. The molecule has 1 aliphatic rings. The Bertz CT molecular complexity index is 474. The molecule has 0 saturated heterocycles. The fourth-order valence-electron chi connectivity index (χ4n) is 2.09. The molecule has 0 amide bonds. The average Bonchev–Trinajstić information content (AvgIpc) is 2.88. The van der Waals surface area contributed by atoms with Gasteiger partial charge in [0.05, 0.1) is 6.61 Å². The molecule has 1 aliphatic carbocycles. The first-order chi connectivity index (χ1) is 8.74. The van der Waals surface area contributed by atoms with Gasteiger partial charge in [-0.05, 0) is 20.3 Å². The maximum Gasteiger partial charge on any atom is 0.328 e. The van der Waals surface area contributed by atoms with Crippen molar-refractivity contribution in [2.24, 2.45) is 0 Å². The highest BCUT2D eigenvalue weighted by atomic mass is 16.5. The number of imidazole rings is 1. The largest absolute Gasteiger partial charge is 0.464 e. The first-order valence-corrected chi connectivity index (χ1v) is 6.26. The van der Waals surface area contributed by atoms with E-state index in [2.05, 4.69) is 17.1 Å². The van der Waals surface area contributed by atoms with Crippen LogP contribution in [0, 0.1) is 0 Å². The first-order valence-electron chi connectivity index (χ1n) is 6.26. The molecule has 2 unspecified atom stereocenters. The summed E-state index contributed by atoms with van der Waals surface area (Å²) in [7, 11) is 0. The minimum Gasteiger partial charge on any atom is -0.464 e. The van der Waals surface area contributed by atoms with E-state index in [1.807, 2.05) is 36.8 Å². The lowest BCUT2D eigenvalue weighted by Crippen LogP contribution is -2.21. The monoisotopic (exact) mass is 246 g/mol. The normalized spacial score (nSPS) is 19.8. The smallest absolute Gasteiger partial charge is 0.328 e. The molecule has 0 spiro atoms. The van der Waals surface area contributed by atoms with E-state index in [1.54, 1.807) is 6.20 Å². The third-order valence-corrected chi connectivity index (χ3v) is 3.06. The van der Waals surface area contributed by atoms with Gasteiger partial charge in [0, 0.05) is 18.3 Å². The van der Waals surface area contributed by atoms with Crippen molar-refractivity contribution in [2.45, 2.75) is 32.2 Å². The zero-order valence-electron chi connectivity index (χ0n) is 10.7. The van der Waals surface area contributed by atoms with Crippen LogP contribution in [0.1, 0.15) is 38.1 Å². The van der Waals surface area contributed by atoms with Crippen molar-refractivity contribution >= 4 is 5.97 Å². The van der Waals surface area contributed by atoms with E-state index in [0.717, 1.165) is 12.2 Å². The molecule has 96 valence electrons. The van der Waals surface area contributed by atoms with Gasteiger partial charge >= 0.3 is 5.97 Å². The quantitative estimate of drug-likeness (QED) is 0.767. The van der Waals surface area contributed by atoms with Gasteiger partial charge in [0.25, 0.3) is 0 Å². The highest BCUT2D eigenvalue weighted by Gasteiger charge is 2.22. The number of esters is 1. The lowest BCUT2D eigenvalue weighted by Gasteiger charge is -2.19. The Balaban J connectivity index is 2.19. The standard InChI is InChI=1S/C14H18N2O2/c1-3-18-14(17)11(2)16-10-9-15-13(16)12-7-5-4-6-8-12/h4-7,9-12H,3,8H2,1-2H3. The fourth-order valence-corrected chi connectivity index (χ4v) is 2.09. The van der Waals surface area contributed by atoms with Crippen LogP contribution in [0.25, 0.3) is 0 Å². The van der Waals surface area contributed by atoms with E-state index in [-0.39, 0.29) is 17.9 Å². The van der Waals surface area contributed by atoms with Crippen LogP contribution in [0.2, 0.25) is 0 Å². The Labute approximate surface area is 107 Å². The van der Waals surface area contributed by atoms with Crippen LogP contribution in [0.5, 0.6) is 0 Å². The maximum atomic E-state index is 11.8. The van der Waals surface area contributed by atoms with Gasteiger partial charge in [-0.2, -0.15) is 0 Å². The molecule has 0 aromatic carbocycles. The summed E-state index contributed by atoms with van der Waals surface area (Å²) in [6.07, 6.45) is 12.7. The van der Waals surface area contributed by atoms with Crippen molar-refractivity contribution in [1.29, 1.82) is 0 Å². The molecule has 0 fully saturated rings. The number of rotatable bonds is 4. The predicted molar refractivity (Wildman–Crippen MR) is 69.2 cm³/mol. The minimum absolute atomic E-state index is 0.216. The first kappa shape index (κ1) is 12.6. The van der Waals surface area contributed by atoms with Crippen molar-refractivity contribution in [3.63, 3.8) is 0 Å². The van der Waals surface area contributed by atoms with Crippen LogP contribution in [0.4, 0.5) is 0 Å². The van der Waals surface area contributed by atoms with E-state index in [1.165, 1.54) is 0 Å². The molecule has 0 bridgehead atoms. The minimum atomic E-state index is -0.332. The molecule has 18 heavy (non-hydrogen) atoms. The Hall–Kier alpha value is -1.84. The van der Waals surface area contributed by atoms with Crippen LogP contribution in [-0.4, -0.2) is 22.1 Å². The summed E-state index contributed by atoms with van der Waals surface area (Å²) < 4.78 is 6.95. The third kappa shape index (κ3) is 2.53. The summed E-state index contributed by atoms with van der Waals surface area (Å²) in [5.41, 5.74) is 0. The molecule has 1 aromatic heterocycles. The molecular weight excluding hydrogens is 228 g/mol. The number of aromatic nitrogens is 2. The summed E-state index contributed by atoms with van der Waals surface area (Å²) in [6.45, 7) is 4.05. The van der Waals surface area contributed by atoms with Crippen molar-refractivity contribution in [2.75, 3.05) is 6.61 Å². The Morgan fingerprint density at radius 1 is 1.61 bits per heavy atom. The molecule has 0 aliphatic heterocycles. The lowest BCUT2D eigenvalue weighted by atomic mass is 10.00. The second-order valence-corrected chi connectivity index (χ2v) is 4.28. The van der Waals surface area contributed by atoms with Gasteiger partial charge in [-0.3, -0.25) is 0 Å². The molecule has 4 nitrogen and oxygen atoms in total. The Morgan fingerprint density at radius 2 is 2.44 bits per heavy atom. The van der Waals surface area contributed by atoms with E-state index in [0.29, 0.717) is 6.61 Å². The zero-order chi connectivity index (χ0) is 13.0. The molecule has 2 rings (SSSR count). The summed E-state index contributed by atoms with van der Waals surface area (Å²) in [6, 6.07) is -0.332. The van der Waals surface area contributed by atoms with E-state index < -0.39 is 0 Å². The van der Waals surface area contributed by atoms with Gasteiger partial charge < -0.3 is 9.30 Å².